The molecule has 110 valence electrons. The van der Waals surface area contributed by atoms with Crippen LogP contribution in [0.5, 0.6) is 0 Å². The molecule has 5 heteroatoms. The van der Waals surface area contributed by atoms with E-state index in [1.165, 1.54) is 25.0 Å². The lowest BCUT2D eigenvalue weighted by Gasteiger charge is -2.30. The fourth-order valence-corrected chi connectivity index (χ4v) is 3.24. The summed E-state index contributed by atoms with van der Waals surface area (Å²) in [6.45, 7) is 4.41. The van der Waals surface area contributed by atoms with Crippen molar-refractivity contribution in [1.82, 2.24) is 10.2 Å². The average Bonchev–Trinajstić information content (AvgIpc) is 2.45. The second kappa shape index (κ2) is 7.36. The van der Waals surface area contributed by atoms with Crippen LogP contribution in [0.15, 0.2) is 18.2 Å². The second-order valence-corrected chi connectivity index (χ2v) is 6.28. The van der Waals surface area contributed by atoms with Crippen LogP contribution in [0.1, 0.15) is 36.5 Å². The first-order chi connectivity index (χ1) is 9.61. The summed E-state index contributed by atoms with van der Waals surface area (Å²) < 4.78 is 13.8. The molecule has 1 fully saturated rings. The number of nitrogens with one attached hydrogen (secondary N) is 1. The van der Waals surface area contributed by atoms with Crippen molar-refractivity contribution >= 4 is 28.5 Å². The largest absolute Gasteiger partial charge is 0.337 e. The molecule has 0 bridgehead atoms. The summed E-state index contributed by atoms with van der Waals surface area (Å²) in [5.74, 6) is -0.313. The van der Waals surface area contributed by atoms with E-state index in [9.17, 15) is 9.18 Å². The molecule has 0 aliphatic carbocycles. The predicted molar refractivity (Wildman–Crippen MR) is 86.3 cm³/mol. The van der Waals surface area contributed by atoms with Gasteiger partial charge in [0, 0.05) is 22.7 Å². The van der Waals surface area contributed by atoms with E-state index in [1.54, 1.807) is 6.07 Å². The Bertz CT molecular complexity index is 475. The molecule has 1 aliphatic rings. The third kappa shape index (κ3) is 3.91. The molecule has 3 nitrogen and oxygen atoms in total. The maximum atomic E-state index is 13.1. The van der Waals surface area contributed by atoms with Crippen LogP contribution >= 0.6 is 22.6 Å². The van der Waals surface area contributed by atoms with Crippen LogP contribution in [0.3, 0.4) is 0 Å². The molecule has 0 saturated carbocycles. The number of halogens is 2. The molecule has 0 aromatic heterocycles. The number of carbonyl (C=O) groups excluding carboxylic acids is 1. The summed E-state index contributed by atoms with van der Waals surface area (Å²) in [6, 6.07) is 4.71. The first-order valence-electron chi connectivity index (χ1n) is 7.09. The summed E-state index contributed by atoms with van der Waals surface area (Å²) in [5, 5.41) is 3.46. The first kappa shape index (κ1) is 15.7. The molecule has 1 aromatic rings. The van der Waals surface area contributed by atoms with Gasteiger partial charge in [0.05, 0.1) is 5.56 Å². The van der Waals surface area contributed by atoms with Crippen LogP contribution in [-0.4, -0.2) is 36.5 Å². The quantitative estimate of drug-likeness (QED) is 0.802. The highest BCUT2D eigenvalue weighted by molar-refractivity contribution is 14.1. The molecule has 0 radical (unpaired) electrons. The molecule has 1 aromatic carbocycles. The third-order valence-electron chi connectivity index (χ3n) is 3.68. The average molecular weight is 390 g/mol. The molecule has 1 amide bonds. The molecule has 1 N–H and O–H groups in total. The first-order valence-corrected chi connectivity index (χ1v) is 8.17. The smallest absolute Gasteiger partial charge is 0.254 e. The van der Waals surface area contributed by atoms with Crippen LogP contribution in [0.4, 0.5) is 4.39 Å². The van der Waals surface area contributed by atoms with Gasteiger partial charge in [-0.2, -0.15) is 0 Å². The van der Waals surface area contributed by atoms with Crippen LogP contribution in [0.25, 0.3) is 0 Å². The van der Waals surface area contributed by atoms with Crippen LogP contribution in [-0.2, 0) is 0 Å². The second-order valence-electron chi connectivity index (χ2n) is 5.11. The Kier molecular flexibility index (Phi) is 5.77. The topological polar surface area (TPSA) is 32.3 Å². The molecular weight excluding hydrogens is 370 g/mol. The monoisotopic (exact) mass is 390 g/mol. The predicted octanol–water partition coefficient (Wildman–Crippen LogP) is 3.03. The number of hydrogen-bond donors (Lipinski definition) is 1. The minimum absolute atomic E-state index is 0.00993. The highest BCUT2D eigenvalue weighted by Gasteiger charge is 2.21. The zero-order valence-electron chi connectivity index (χ0n) is 11.7. The summed E-state index contributed by atoms with van der Waals surface area (Å²) in [4.78, 5) is 14.4. The van der Waals surface area contributed by atoms with E-state index in [0.717, 1.165) is 19.5 Å². The molecular formula is C15H20FIN2O. The minimum Gasteiger partial charge on any atom is -0.337 e. The van der Waals surface area contributed by atoms with Gasteiger partial charge in [-0.3, -0.25) is 4.79 Å². The molecule has 20 heavy (non-hydrogen) atoms. The normalized spacial score (nSPS) is 18.9. The van der Waals surface area contributed by atoms with Gasteiger partial charge in [-0.05, 0) is 67.1 Å². The molecule has 2 rings (SSSR count). The van der Waals surface area contributed by atoms with Gasteiger partial charge in [-0.25, -0.2) is 4.39 Å². The van der Waals surface area contributed by atoms with E-state index in [2.05, 4.69) is 5.32 Å². The van der Waals surface area contributed by atoms with E-state index >= 15 is 0 Å². The van der Waals surface area contributed by atoms with Crippen molar-refractivity contribution < 1.29 is 9.18 Å². The number of nitrogens with zero attached hydrogens (tertiary/aromatic N) is 1. The Hall–Kier alpha value is -0.690. The number of rotatable bonds is 4. The fraction of sp³-hybridized carbons (Fsp3) is 0.533. The zero-order chi connectivity index (χ0) is 14.5. The maximum absolute atomic E-state index is 13.1. The fourth-order valence-electron chi connectivity index (χ4n) is 2.53. The van der Waals surface area contributed by atoms with Gasteiger partial charge in [-0.1, -0.05) is 6.42 Å². The molecule has 1 heterocycles. The summed E-state index contributed by atoms with van der Waals surface area (Å²) in [5.41, 5.74) is 0.588. The van der Waals surface area contributed by atoms with Crippen molar-refractivity contribution in [1.29, 1.82) is 0 Å². The number of hydrogen-bond acceptors (Lipinski definition) is 2. The minimum atomic E-state index is -0.303. The number of carbonyl (C=O) groups is 1. The van der Waals surface area contributed by atoms with Gasteiger partial charge in [0.2, 0.25) is 0 Å². The van der Waals surface area contributed by atoms with Crippen molar-refractivity contribution in [3.05, 3.63) is 33.1 Å². The lowest BCUT2D eigenvalue weighted by molar-refractivity contribution is 0.0740. The van der Waals surface area contributed by atoms with Gasteiger partial charge in [0.1, 0.15) is 5.82 Å². The van der Waals surface area contributed by atoms with Gasteiger partial charge in [0.25, 0.3) is 5.91 Å². The Morgan fingerprint density at radius 3 is 2.90 bits per heavy atom. The van der Waals surface area contributed by atoms with Crippen molar-refractivity contribution in [2.45, 2.75) is 32.2 Å². The summed E-state index contributed by atoms with van der Waals surface area (Å²) in [6.07, 6.45) is 3.55. The van der Waals surface area contributed by atoms with Gasteiger partial charge < -0.3 is 10.2 Å². The van der Waals surface area contributed by atoms with Gasteiger partial charge in [0.15, 0.2) is 0 Å². The van der Waals surface area contributed by atoms with Crippen molar-refractivity contribution in [2.24, 2.45) is 0 Å². The van der Waals surface area contributed by atoms with Crippen LogP contribution < -0.4 is 5.32 Å². The van der Waals surface area contributed by atoms with Crippen LogP contribution in [0.2, 0.25) is 0 Å². The standard InChI is InChI=1S/C15H20FIN2O/c1-2-19(10-12-5-3-4-8-18-12)15(20)13-7-6-11(16)9-14(13)17/h6-7,9,12,18H,2-5,8,10H2,1H3. The molecule has 1 saturated heterocycles. The Balaban J connectivity index is 2.07. The molecule has 1 unspecified atom stereocenters. The highest BCUT2D eigenvalue weighted by atomic mass is 127. The molecule has 1 aliphatic heterocycles. The lowest BCUT2D eigenvalue weighted by atomic mass is 10.0. The Morgan fingerprint density at radius 2 is 2.30 bits per heavy atom. The van der Waals surface area contributed by atoms with Crippen LogP contribution in [0, 0.1) is 9.39 Å². The number of amides is 1. The highest BCUT2D eigenvalue weighted by Crippen LogP contribution is 2.17. The van der Waals surface area contributed by atoms with E-state index in [0.29, 0.717) is 21.7 Å². The molecule has 0 spiro atoms. The van der Waals surface area contributed by atoms with Crippen molar-refractivity contribution in [3.8, 4) is 0 Å². The van der Waals surface area contributed by atoms with E-state index in [1.807, 2.05) is 34.4 Å². The molecule has 1 atom stereocenters. The Morgan fingerprint density at radius 1 is 1.50 bits per heavy atom. The van der Waals surface area contributed by atoms with Crippen molar-refractivity contribution in [2.75, 3.05) is 19.6 Å². The van der Waals surface area contributed by atoms with E-state index in [-0.39, 0.29) is 11.7 Å². The van der Waals surface area contributed by atoms with Crippen molar-refractivity contribution in [3.63, 3.8) is 0 Å². The lowest BCUT2D eigenvalue weighted by Crippen LogP contribution is -2.45. The number of piperidine rings is 1. The zero-order valence-corrected chi connectivity index (χ0v) is 13.8. The van der Waals surface area contributed by atoms with Gasteiger partial charge in [-0.15, -0.1) is 0 Å². The van der Waals surface area contributed by atoms with E-state index < -0.39 is 0 Å². The number of benzene rings is 1. The Labute approximate surface area is 133 Å². The maximum Gasteiger partial charge on any atom is 0.254 e. The van der Waals surface area contributed by atoms with E-state index in [4.69, 9.17) is 0 Å². The third-order valence-corrected chi connectivity index (χ3v) is 4.58. The SMILES string of the molecule is CCN(CC1CCCCN1)C(=O)c1ccc(F)cc1I. The van der Waals surface area contributed by atoms with Gasteiger partial charge >= 0.3 is 0 Å². The summed E-state index contributed by atoms with van der Waals surface area (Å²) in [7, 11) is 0. The summed E-state index contributed by atoms with van der Waals surface area (Å²) >= 11 is 2.02. The number of likely N-dealkylation sites (N-methyl/N-ethyl adjacent to an activating group) is 1.